The summed E-state index contributed by atoms with van der Waals surface area (Å²) in [5.74, 6) is 0.512. The molecule has 3 aromatic rings. The van der Waals surface area contributed by atoms with Crippen molar-refractivity contribution in [2.45, 2.75) is 26.8 Å². The number of halogens is 1. The molecule has 3 rings (SSSR count). The molecule has 0 saturated heterocycles. The number of hydrogen-bond acceptors (Lipinski definition) is 4. The lowest BCUT2D eigenvalue weighted by molar-refractivity contribution is -0.117. The maximum absolute atomic E-state index is 12.7. The molecular weight excluding hydrogens is 440 g/mol. The van der Waals surface area contributed by atoms with Crippen molar-refractivity contribution in [2.24, 2.45) is 4.99 Å². The maximum atomic E-state index is 12.7. The molecule has 0 aliphatic rings. The highest BCUT2D eigenvalue weighted by Gasteiger charge is 2.11. The summed E-state index contributed by atoms with van der Waals surface area (Å²) in [7, 11) is 1.61. The molecule has 7 heteroatoms. The molecule has 0 atom stereocenters. The van der Waals surface area contributed by atoms with Crippen LogP contribution in [0.15, 0.2) is 45.9 Å². The summed E-state index contributed by atoms with van der Waals surface area (Å²) < 4.78 is 15.0. The van der Waals surface area contributed by atoms with Gasteiger partial charge in [-0.15, -0.1) is 0 Å². The second-order valence-corrected chi connectivity index (χ2v) is 8.27. The van der Waals surface area contributed by atoms with E-state index < -0.39 is 0 Å². The Morgan fingerprint density at radius 3 is 2.82 bits per heavy atom. The molecular formula is C21H23BrN2O3S. The molecule has 0 fully saturated rings. The number of fused-ring (bicyclic) bond motifs is 1. The van der Waals surface area contributed by atoms with E-state index in [0.717, 1.165) is 25.8 Å². The Morgan fingerprint density at radius 1 is 1.25 bits per heavy atom. The second-order valence-electron chi connectivity index (χ2n) is 6.34. The summed E-state index contributed by atoms with van der Waals surface area (Å²) in [6, 6.07) is 11.9. The molecule has 2 aromatic carbocycles. The lowest BCUT2D eigenvalue weighted by Gasteiger charge is -2.08. The van der Waals surface area contributed by atoms with Crippen LogP contribution in [0.2, 0.25) is 0 Å². The molecule has 0 aliphatic carbocycles. The minimum atomic E-state index is -0.195. The Labute approximate surface area is 176 Å². The number of aryl methyl sites for hydroxylation is 1. The van der Waals surface area contributed by atoms with Gasteiger partial charge < -0.3 is 14.0 Å². The monoisotopic (exact) mass is 462 g/mol. The van der Waals surface area contributed by atoms with E-state index in [1.54, 1.807) is 7.11 Å². The van der Waals surface area contributed by atoms with Crippen LogP contribution in [0.4, 0.5) is 0 Å². The van der Waals surface area contributed by atoms with Gasteiger partial charge in [0.25, 0.3) is 5.91 Å². The molecule has 1 aromatic heterocycles. The van der Waals surface area contributed by atoms with Crippen LogP contribution in [0.3, 0.4) is 0 Å². The highest BCUT2D eigenvalue weighted by atomic mass is 79.9. The van der Waals surface area contributed by atoms with Crippen LogP contribution >= 0.6 is 27.3 Å². The van der Waals surface area contributed by atoms with Crippen LogP contribution in [-0.4, -0.2) is 30.8 Å². The number of hydrogen-bond donors (Lipinski definition) is 0. The van der Waals surface area contributed by atoms with E-state index in [9.17, 15) is 4.79 Å². The van der Waals surface area contributed by atoms with E-state index in [1.807, 2.05) is 54.8 Å². The zero-order chi connectivity index (χ0) is 20.1. The quantitative estimate of drug-likeness (QED) is 0.486. The molecule has 148 valence electrons. The fraction of sp³-hybridized carbons (Fsp3) is 0.333. The molecule has 0 saturated carbocycles. The molecule has 0 N–H and O–H groups in total. The van der Waals surface area contributed by atoms with Gasteiger partial charge in [-0.1, -0.05) is 45.0 Å². The minimum Gasteiger partial charge on any atom is -0.496 e. The van der Waals surface area contributed by atoms with E-state index in [-0.39, 0.29) is 12.3 Å². The number of methoxy groups -OCH3 is 1. The van der Waals surface area contributed by atoms with Gasteiger partial charge in [0.1, 0.15) is 5.75 Å². The molecule has 1 heterocycles. The normalized spacial score (nSPS) is 11.9. The first-order valence-corrected chi connectivity index (χ1v) is 10.7. The highest BCUT2D eigenvalue weighted by molar-refractivity contribution is 9.10. The third-order valence-corrected chi connectivity index (χ3v) is 5.84. The third kappa shape index (κ3) is 4.90. The van der Waals surface area contributed by atoms with Crippen molar-refractivity contribution in [3.05, 3.63) is 56.8 Å². The Kier molecular flexibility index (Phi) is 7.04. The zero-order valence-corrected chi connectivity index (χ0v) is 18.6. The van der Waals surface area contributed by atoms with Crippen molar-refractivity contribution < 1.29 is 14.3 Å². The van der Waals surface area contributed by atoms with E-state index in [4.69, 9.17) is 9.47 Å². The molecule has 28 heavy (non-hydrogen) atoms. The van der Waals surface area contributed by atoms with Crippen molar-refractivity contribution >= 4 is 43.4 Å². The standard InChI is InChI=1S/C21H23BrN2O3S/c1-4-27-10-9-24-17-7-6-16(22)13-19(17)28-21(24)23-20(25)12-15-11-14(2)5-8-18(15)26-3/h5-8,11,13H,4,9-10,12H2,1-3H3. The number of carbonyl (C=O) groups excluding carboxylic acids is 1. The first-order valence-electron chi connectivity index (χ1n) is 9.09. The molecule has 0 spiro atoms. The fourth-order valence-corrected chi connectivity index (χ4v) is 4.63. The summed E-state index contributed by atoms with van der Waals surface area (Å²) in [6.07, 6.45) is 0.203. The number of nitrogens with zero attached hydrogens (tertiary/aromatic N) is 2. The van der Waals surface area contributed by atoms with E-state index in [2.05, 4.69) is 20.9 Å². The van der Waals surface area contributed by atoms with Crippen molar-refractivity contribution in [3.63, 3.8) is 0 Å². The third-order valence-electron chi connectivity index (χ3n) is 4.31. The Balaban J connectivity index is 1.97. The van der Waals surface area contributed by atoms with Crippen molar-refractivity contribution in [1.29, 1.82) is 0 Å². The van der Waals surface area contributed by atoms with Crippen LogP contribution in [0, 0.1) is 6.92 Å². The van der Waals surface area contributed by atoms with Crippen molar-refractivity contribution in [3.8, 4) is 5.75 Å². The molecule has 5 nitrogen and oxygen atoms in total. The van der Waals surface area contributed by atoms with Gasteiger partial charge in [0.15, 0.2) is 4.80 Å². The smallest absolute Gasteiger partial charge is 0.252 e. The van der Waals surface area contributed by atoms with Crippen LogP contribution in [0.1, 0.15) is 18.1 Å². The molecule has 1 amide bonds. The Morgan fingerprint density at radius 2 is 2.07 bits per heavy atom. The van der Waals surface area contributed by atoms with Crippen LogP contribution in [0.5, 0.6) is 5.75 Å². The molecule has 0 unspecified atom stereocenters. The van der Waals surface area contributed by atoms with Crippen molar-refractivity contribution in [2.75, 3.05) is 20.3 Å². The zero-order valence-electron chi connectivity index (χ0n) is 16.2. The largest absolute Gasteiger partial charge is 0.496 e. The van der Waals surface area contributed by atoms with Gasteiger partial charge >= 0.3 is 0 Å². The van der Waals surface area contributed by atoms with Gasteiger partial charge in [-0.2, -0.15) is 4.99 Å². The number of amides is 1. The number of rotatable bonds is 7. The summed E-state index contributed by atoms with van der Waals surface area (Å²) in [4.78, 5) is 17.8. The van der Waals surface area contributed by atoms with Gasteiger partial charge in [-0.3, -0.25) is 4.79 Å². The summed E-state index contributed by atoms with van der Waals surface area (Å²) in [5, 5.41) is 0. The number of aromatic nitrogens is 1. The molecule has 0 bridgehead atoms. The first-order chi connectivity index (χ1) is 13.5. The predicted octanol–water partition coefficient (Wildman–Crippen LogP) is 4.49. The number of thiazole rings is 1. The second kappa shape index (κ2) is 9.49. The number of carbonyl (C=O) groups is 1. The average Bonchev–Trinajstić information content (AvgIpc) is 2.98. The first kappa shape index (κ1) is 20.8. The van der Waals surface area contributed by atoms with Gasteiger partial charge in [-0.05, 0) is 38.1 Å². The summed E-state index contributed by atoms with van der Waals surface area (Å²) >= 11 is 5.02. The Hall–Kier alpha value is -1.96. The predicted molar refractivity (Wildman–Crippen MR) is 116 cm³/mol. The topological polar surface area (TPSA) is 52.8 Å². The summed E-state index contributed by atoms with van der Waals surface area (Å²) in [5.41, 5.74) is 2.98. The number of ether oxygens (including phenoxy) is 2. The SMILES string of the molecule is CCOCCn1c(=NC(=O)Cc2cc(C)ccc2OC)sc2cc(Br)ccc21. The van der Waals surface area contributed by atoms with Gasteiger partial charge in [-0.25, -0.2) is 0 Å². The molecule has 0 radical (unpaired) electrons. The lowest BCUT2D eigenvalue weighted by Crippen LogP contribution is -2.20. The van der Waals surface area contributed by atoms with Crippen LogP contribution in [0.25, 0.3) is 10.2 Å². The van der Waals surface area contributed by atoms with Crippen LogP contribution in [-0.2, 0) is 22.5 Å². The van der Waals surface area contributed by atoms with Crippen LogP contribution < -0.4 is 9.54 Å². The van der Waals surface area contributed by atoms with E-state index in [0.29, 0.717) is 30.3 Å². The van der Waals surface area contributed by atoms with E-state index in [1.165, 1.54) is 11.3 Å². The Bertz CT molecular complexity index is 1060. The molecule has 0 aliphatic heterocycles. The highest BCUT2D eigenvalue weighted by Crippen LogP contribution is 2.23. The summed E-state index contributed by atoms with van der Waals surface area (Å²) in [6.45, 7) is 5.85. The van der Waals surface area contributed by atoms with Gasteiger partial charge in [0.05, 0.1) is 30.4 Å². The maximum Gasteiger partial charge on any atom is 0.252 e. The van der Waals surface area contributed by atoms with Gasteiger partial charge in [0.2, 0.25) is 0 Å². The number of benzene rings is 2. The minimum absolute atomic E-state index is 0.195. The van der Waals surface area contributed by atoms with Gasteiger partial charge in [0, 0.05) is 23.2 Å². The lowest BCUT2D eigenvalue weighted by atomic mass is 10.1. The van der Waals surface area contributed by atoms with E-state index >= 15 is 0 Å². The fourth-order valence-electron chi connectivity index (χ4n) is 3.00. The average molecular weight is 463 g/mol. The van der Waals surface area contributed by atoms with Crippen molar-refractivity contribution in [1.82, 2.24) is 4.57 Å².